The summed E-state index contributed by atoms with van der Waals surface area (Å²) in [4.78, 5) is 12.5. The molecule has 0 fully saturated rings. The highest BCUT2D eigenvalue weighted by molar-refractivity contribution is 5.94. The number of rotatable bonds is 15. The summed E-state index contributed by atoms with van der Waals surface area (Å²) < 4.78 is 13.2. The van der Waals surface area contributed by atoms with E-state index in [4.69, 9.17) is 9.47 Å². The molecule has 45 heavy (non-hydrogen) atoms. The van der Waals surface area contributed by atoms with Gasteiger partial charge in [-0.25, -0.2) is 0 Å². The van der Waals surface area contributed by atoms with Crippen LogP contribution >= 0.6 is 0 Å². The summed E-state index contributed by atoms with van der Waals surface area (Å²) in [7, 11) is 0. The molecule has 0 saturated carbocycles. The van der Waals surface area contributed by atoms with Crippen LogP contribution < -0.4 is 14.8 Å². The van der Waals surface area contributed by atoms with E-state index in [1.165, 1.54) is 56.9 Å². The fourth-order valence-corrected chi connectivity index (χ4v) is 6.52. The molecule has 2 N–H and O–H groups in total. The molecule has 1 heterocycles. The molecule has 0 saturated heterocycles. The summed E-state index contributed by atoms with van der Waals surface area (Å²) in [6.45, 7) is 23.7. The van der Waals surface area contributed by atoms with Crippen LogP contribution in [0.15, 0.2) is 18.2 Å². The van der Waals surface area contributed by atoms with Gasteiger partial charge in [-0.2, -0.15) is 0 Å². The van der Waals surface area contributed by atoms with Gasteiger partial charge in [0.15, 0.2) is 11.5 Å². The van der Waals surface area contributed by atoms with Gasteiger partial charge in [0, 0.05) is 22.7 Å². The lowest BCUT2D eigenvalue weighted by Gasteiger charge is -2.38. The van der Waals surface area contributed by atoms with Crippen molar-refractivity contribution in [2.24, 2.45) is 23.2 Å². The third-order valence-electron chi connectivity index (χ3n) is 9.95. The molecular formula is C40H63NO4. The second-order valence-electron chi connectivity index (χ2n) is 15.9. The maximum absolute atomic E-state index is 12.5. The van der Waals surface area contributed by atoms with Crippen LogP contribution in [-0.4, -0.2) is 16.6 Å². The van der Waals surface area contributed by atoms with Gasteiger partial charge in [0.1, 0.15) is 17.1 Å². The van der Waals surface area contributed by atoms with E-state index in [1.807, 2.05) is 20.8 Å². The molecule has 5 nitrogen and oxygen atoms in total. The Balaban J connectivity index is 1.60. The third kappa shape index (κ3) is 10.4. The Morgan fingerprint density at radius 1 is 0.933 bits per heavy atom. The smallest absolute Gasteiger partial charge is 0.229 e. The van der Waals surface area contributed by atoms with E-state index >= 15 is 0 Å². The predicted molar refractivity (Wildman–Crippen MR) is 189 cm³/mol. The number of phenols is 1. The van der Waals surface area contributed by atoms with Gasteiger partial charge < -0.3 is 19.9 Å². The van der Waals surface area contributed by atoms with Crippen LogP contribution in [0.2, 0.25) is 0 Å². The summed E-state index contributed by atoms with van der Waals surface area (Å²) in [6.07, 6.45) is 13.6. The summed E-state index contributed by atoms with van der Waals surface area (Å²) in [5.41, 5.74) is 4.23. The van der Waals surface area contributed by atoms with Crippen LogP contribution in [0.25, 0.3) is 0 Å². The topological polar surface area (TPSA) is 67.8 Å². The van der Waals surface area contributed by atoms with Gasteiger partial charge in [-0.1, -0.05) is 93.4 Å². The first-order valence-electron chi connectivity index (χ1n) is 17.6. The minimum absolute atomic E-state index is 0.0344. The number of aromatic hydroxyl groups is 1. The van der Waals surface area contributed by atoms with E-state index in [9.17, 15) is 9.90 Å². The van der Waals surface area contributed by atoms with E-state index in [0.29, 0.717) is 11.4 Å². The number of hydrogen-bond donors (Lipinski definition) is 2. The van der Waals surface area contributed by atoms with E-state index < -0.39 is 5.41 Å². The molecule has 0 bridgehead atoms. The zero-order valence-corrected chi connectivity index (χ0v) is 30.4. The normalized spacial score (nSPS) is 17.9. The largest absolute Gasteiger partial charge is 0.504 e. The molecule has 0 aliphatic carbocycles. The van der Waals surface area contributed by atoms with Crippen molar-refractivity contribution in [3.05, 3.63) is 40.5 Å². The van der Waals surface area contributed by atoms with Gasteiger partial charge in [0.2, 0.25) is 5.91 Å². The predicted octanol–water partition coefficient (Wildman–Crippen LogP) is 11.6. The first kappa shape index (κ1) is 36.8. The van der Waals surface area contributed by atoms with Gasteiger partial charge >= 0.3 is 0 Å². The Labute approximate surface area is 274 Å². The maximum atomic E-state index is 12.5. The molecule has 0 spiro atoms. The van der Waals surface area contributed by atoms with E-state index in [0.717, 1.165) is 65.2 Å². The zero-order chi connectivity index (χ0) is 33.5. The van der Waals surface area contributed by atoms with Crippen LogP contribution in [0.3, 0.4) is 0 Å². The van der Waals surface area contributed by atoms with Crippen LogP contribution in [0.4, 0.5) is 5.69 Å². The van der Waals surface area contributed by atoms with Crippen LogP contribution in [0, 0.1) is 43.9 Å². The quantitative estimate of drug-likeness (QED) is 0.194. The minimum Gasteiger partial charge on any atom is -0.504 e. The molecule has 1 aliphatic rings. The SMILES string of the molecule is Cc1c(C)c2c(c(C)c1Oc1cc(NC(=O)C(C)(C)C)ccc1O)CC[C@@](C)(CCC[C@H](C)CCC[C@H](C)CCCC(C)C)O2. The number of benzene rings is 2. The lowest BCUT2D eigenvalue weighted by molar-refractivity contribution is -0.123. The Hall–Kier alpha value is -2.69. The summed E-state index contributed by atoms with van der Waals surface area (Å²) in [5.74, 6) is 4.44. The summed E-state index contributed by atoms with van der Waals surface area (Å²) in [5, 5.41) is 13.6. The van der Waals surface area contributed by atoms with Gasteiger partial charge in [-0.05, 0) is 100.0 Å². The molecule has 252 valence electrons. The lowest BCUT2D eigenvalue weighted by Crippen LogP contribution is -2.37. The average Bonchev–Trinajstić information content (AvgIpc) is 2.94. The van der Waals surface area contributed by atoms with Crippen LogP contribution in [-0.2, 0) is 11.2 Å². The van der Waals surface area contributed by atoms with E-state index in [-0.39, 0.29) is 17.3 Å². The second kappa shape index (κ2) is 15.7. The molecule has 0 unspecified atom stereocenters. The number of carbonyl (C=O) groups is 1. The standard InChI is InChI=1S/C40H63NO4/c1-26(2)15-12-16-27(3)17-13-18-28(4)19-14-23-40(11)24-22-33-31(7)36(29(5)30(6)37(33)45-40)44-35-25-32(20-21-34(35)42)41-38(43)39(8,9)10/h20-21,25-28,42H,12-19,22-24H2,1-11H3,(H,41,43)/t27-,28-,40-/m1/s1. The second-order valence-corrected chi connectivity index (χ2v) is 15.9. The van der Waals surface area contributed by atoms with Crippen molar-refractivity contribution < 1.29 is 19.4 Å². The van der Waals surface area contributed by atoms with Crippen molar-refractivity contribution in [3.63, 3.8) is 0 Å². The Bertz CT molecular complexity index is 1290. The molecule has 2 aromatic carbocycles. The Kier molecular flexibility index (Phi) is 12.9. The average molecular weight is 622 g/mol. The molecule has 0 radical (unpaired) electrons. The number of amides is 1. The monoisotopic (exact) mass is 621 g/mol. The van der Waals surface area contributed by atoms with Crippen molar-refractivity contribution in [1.82, 2.24) is 0 Å². The van der Waals surface area contributed by atoms with Gasteiger partial charge in [0.05, 0.1) is 0 Å². The Morgan fingerprint density at radius 3 is 2.13 bits per heavy atom. The highest BCUT2D eigenvalue weighted by atomic mass is 16.5. The number of ether oxygens (including phenoxy) is 2. The highest BCUT2D eigenvalue weighted by Gasteiger charge is 2.35. The molecule has 0 aromatic heterocycles. The third-order valence-corrected chi connectivity index (χ3v) is 9.95. The first-order chi connectivity index (χ1) is 21.0. The molecule has 1 aliphatic heterocycles. The maximum Gasteiger partial charge on any atom is 0.229 e. The number of phenolic OH excluding ortho intramolecular Hbond substituents is 1. The van der Waals surface area contributed by atoms with Gasteiger partial charge in [0.25, 0.3) is 0 Å². The Morgan fingerprint density at radius 2 is 1.53 bits per heavy atom. The fourth-order valence-electron chi connectivity index (χ4n) is 6.52. The molecule has 1 amide bonds. The van der Waals surface area contributed by atoms with Gasteiger partial charge in [-0.15, -0.1) is 0 Å². The van der Waals surface area contributed by atoms with Crippen molar-refractivity contribution in [3.8, 4) is 23.0 Å². The highest BCUT2D eigenvalue weighted by Crippen LogP contribution is 2.47. The number of anilines is 1. The summed E-state index contributed by atoms with van der Waals surface area (Å²) in [6, 6.07) is 4.94. The van der Waals surface area contributed by atoms with Crippen molar-refractivity contribution in [2.75, 3.05) is 5.32 Å². The van der Waals surface area contributed by atoms with Crippen LogP contribution in [0.1, 0.15) is 142 Å². The fraction of sp³-hybridized carbons (Fsp3) is 0.675. The number of carbonyl (C=O) groups excluding carboxylic acids is 1. The molecule has 2 aromatic rings. The van der Waals surface area contributed by atoms with E-state index in [1.54, 1.807) is 18.2 Å². The van der Waals surface area contributed by atoms with Gasteiger partial charge in [-0.3, -0.25) is 4.79 Å². The minimum atomic E-state index is -0.528. The number of fused-ring (bicyclic) bond motifs is 1. The molecule has 3 rings (SSSR count). The number of hydrogen-bond acceptors (Lipinski definition) is 4. The van der Waals surface area contributed by atoms with Crippen molar-refractivity contribution >= 4 is 11.6 Å². The molecular weight excluding hydrogens is 558 g/mol. The van der Waals surface area contributed by atoms with Crippen molar-refractivity contribution in [2.45, 2.75) is 152 Å². The van der Waals surface area contributed by atoms with Crippen molar-refractivity contribution in [1.29, 1.82) is 0 Å². The lowest BCUT2D eigenvalue weighted by atomic mass is 9.83. The number of nitrogens with one attached hydrogen (secondary N) is 1. The summed E-state index contributed by atoms with van der Waals surface area (Å²) >= 11 is 0. The molecule has 5 heteroatoms. The zero-order valence-electron chi connectivity index (χ0n) is 30.4. The first-order valence-corrected chi connectivity index (χ1v) is 17.6. The van der Waals surface area contributed by atoms with E-state index in [2.05, 4.69) is 60.7 Å². The van der Waals surface area contributed by atoms with Crippen LogP contribution in [0.5, 0.6) is 23.0 Å². The molecule has 3 atom stereocenters.